The van der Waals surface area contributed by atoms with E-state index in [0.29, 0.717) is 0 Å². The summed E-state index contributed by atoms with van der Waals surface area (Å²) in [4.78, 5) is 2.49. The first-order valence-corrected chi connectivity index (χ1v) is 6.11. The van der Waals surface area contributed by atoms with Gasteiger partial charge in [0.25, 0.3) is 0 Å². The SMILES string of the molecule is C1=COC(C2CCCO2)(N2CCCC2)C1. The van der Waals surface area contributed by atoms with Gasteiger partial charge in [-0.3, -0.25) is 4.90 Å². The molecule has 2 saturated heterocycles. The minimum absolute atomic E-state index is 0.146. The molecule has 2 atom stereocenters. The molecule has 3 heterocycles. The van der Waals surface area contributed by atoms with Crippen LogP contribution in [0.25, 0.3) is 0 Å². The van der Waals surface area contributed by atoms with Crippen molar-refractivity contribution < 1.29 is 9.47 Å². The van der Waals surface area contributed by atoms with Crippen LogP contribution in [0.3, 0.4) is 0 Å². The van der Waals surface area contributed by atoms with Gasteiger partial charge in [0.05, 0.1) is 6.26 Å². The van der Waals surface area contributed by atoms with E-state index in [4.69, 9.17) is 9.47 Å². The molecule has 3 aliphatic rings. The highest BCUT2D eigenvalue weighted by Gasteiger charge is 2.49. The van der Waals surface area contributed by atoms with Gasteiger partial charge in [0.15, 0.2) is 5.72 Å². The van der Waals surface area contributed by atoms with Crippen LogP contribution in [-0.2, 0) is 9.47 Å². The molecule has 0 bridgehead atoms. The zero-order valence-corrected chi connectivity index (χ0v) is 9.15. The van der Waals surface area contributed by atoms with E-state index in [2.05, 4.69) is 11.0 Å². The van der Waals surface area contributed by atoms with Gasteiger partial charge in [0, 0.05) is 26.1 Å². The Morgan fingerprint density at radius 1 is 1.20 bits per heavy atom. The standard InChI is InChI=1S/C12H19NO2/c1-2-8-13(7-1)12(6-4-10-15-12)11-5-3-9-14-11/h4,10-11H,1-3,5-9H2. The molecule has 0 amide bonds. The first kappa shape index (κ1) is 9.67. The van der Waals surface area contributed by atoms with E-state index in [1.165, 1.54) is 32.4 Å². The Morgan fingerprint density at radius 2 is 2.07 bits per heavy atom. The number of rotatable bonds is 2. The lowest BCUT2D eigenvalue weighted by atomic mass is 9.99. The molecule has 0 spiro atoms. The molecule has 3 nitrogen and oxygen atoms in total. The van der Waals surface area contributed by atoms with Gasteiger partial charge in [0.2, 0.25) is 0 Å². The van der Waals surface area contributed by atoms with Crippen molar-refractivity contribution in [2.75, 3.05) is 19.7 Å². The molecule has 2 unspecified atom stereocenters. The Balaban J connectivity index is 1.80. The largest absolute Gasteiger partial charge is 0.477 e. The maximum absolute atomic E-state index is 5.93. The number of hydrogen-bond acceptors (Lipinski definition) is 3. The normalized spacial score (nSPS) is 41.2. The molecule has 3 heteroatoms. The van der Waals surface area contributed by atoms with Crippen LogP contribution in [0, 0.1) is 0 Å². The third-order valence-electron chi connectivity index (χ3n) is 3.85. The summed E-state index contributed by atoms with van der Waals surface area (Å²) in [6, 6.07) is 0. The molecular formula is C12H19NO2. The van der Waals surface area contributed by atoms with Crippen LogP contribution in [0.2, 0.25) is 0 Å². The van der Waals surface area contributed by atoms with Crippen LogP contribution < -0.4 is 0 Å². The lowest BCUT2D eigenvalue weighted by molar-refractivity contribution is -0.168. The number of ether oxygens (including phenoxy) is 2. The van der Waals surface area contributed by atoms with Crippen molar-refractivity contribution in [1.82, 2.24) is 4.90 Å². The average molecular weight is 209 g/mol. The number of likely N-dealkylation sites (tertiary alicyclic amines) is 1. The molecule has 0 aromatic heterocycles. The minimum Gasteiger partial charge on any atom is -0.477 e. The molecule has 0 saturated carbocycles. The number of hydrogen-bond donors (Lipinski definition) is 0. The fraction of sp³-hybridized carbons (Fsp3) is 0.833. The zero-order chi connectivity index (χ0) is 10.1. The fourth-order valence-corrected chi connectivity index (χ4v) is 3.07. The van der Waals surface area contributed by atoms with E-state index in [-0.39, 0.29) is 11.8 Å². The van der Waals surface area contributed by atoms with Crippen molar-refractivity contribution in [3.05, 3.63) is 12.3 Å². The molecule has 0 aliphatic carbocycles. The van der Waals surface area contributed by atoms with E-state index < -0.39 is 0 Å². The van der Waals surface area contributed by atoms with Crippen LogP contribution >= 0.6 is 0 Å². The molecule has 0 aromatic carbocycles. The van der Waals surface area contributed by atoms with E-state index in [9.17, 15) is 0 Å². The second kappa shape index (κ2) is 3.80. The third-order valence-corrected chi connectivity index (χ3v) is 3.85. The molecule has 84 valence electrons. The smallest absolute Gasteiger partial charge is 0.192 e. The molecule has 3 aliphatic heterocycles. The Kier molecular flexibility index (Phi) is 2.45. The molecular weight excluding hydrogens is 190 g/mol. The van der Waals surface area contributed by atoms with Crippen molar-refractivity contribution in [2.45, 2.75) is 43.9 Å². The van der Waals surface area contributed by atoms with E-state index in [1.54, 1.807) is 0 Å². The van der Waals surface area contributed by atoms with Crippen molar-refractivity contribution in [1.29, 1.82) is 0 Å². The summed E-state index contributed by atoms with van der Waals surface area (Å²) >= 11 is 0. The summed E-state index contributed by atoms with van der Waals surface area (Å²) in [5, 5.41) is 0. The summed E-state index contributed by atoms with van der Waals surface area (Å²) in [7, 11) is 0. The first-order chi connectivity index (χ1) is 7.42. The van der Waals surface area contributed by atoms with Crippen molar-refractivity contribution >= 4 is 0 Å². The monoisotopic (exact) mass is 209 g/mol. The average Bonchev–Trinajstić information content (AvgIpc) is 3.02. The van der Waals surface area contributed by atoms with Gasteiger partial charge in [-0.05, 0) is 31.8 Å². The van der Waals surface area contributed by atoms with Gasteiger partial charge >= 0.3 is 0 Å². The number of nitrogens with zero attached hydrogens (tertiary/aromatic N) is 1. The summed E-state index contributed by atoms with van der Waals surface area (Å²) in [6.07, 6.45) is 10.2. The highest BCUT2D eigenvalue weighted by Crippen LogP contribution is 2.39. The van der Waals surface area contributed by atoms with Crippen LogP contribution in [-0.4, -0.2) is 36.4 Å². The van der Waals surface area contributed by atoms with Gasteiger partial charge < -0.3 is 9.47 Å². The molecule has 2 fully saturated rings. The van der Waals surface area contributed by atoms with Gasteiger partial charge in [-0.15, -0.1) is 0 Å². The van der Waals surface area contributed by atoms with Crippen molar-refractivity contribution in [3.8, 4) is 0 Å². The summed E-state index contributed by atoms with van der Waals surface area (Å²) < 4.78 is 11.8. The van der Waals surface area contributed by atoms with E-state index in [0.717, 1.165) is 19.4 Å². The van der Waals surface area contributed by atoms with Crippen LogP contribution in [0.1, 0.15) is 32.1 Å². The summed E-state index contributed by atoms with van der Waals surface area (Å²) in [6.45, 7) is 3.24. The first-order valence-electron chi connectivity index (χ1n) is 6.11. The lowest BCUT2D eigenvalue weighted by Gasteiger charge is -2.41. The second-order valence-corrected chi connectivity index (χ2v) is 4.73. The Hall–Kier alpha value is -0.540. The van der Waals surface area contributed by atoms with Gasteiger partial charge in [-0.2, -0.15) is 0 Å². The van der Waals surface area contributed by atoms with Crippen molar-refractivity contribution in [3.63, 3.8) is 0 Å². The van der Waals surface area contributed by atoms with Gasteiger partial charge in [0.1, 0.15) is 6.10 Å². The summed E-state index contributed by atoms with van der Waals surface area (Å²) in [5.41, 5.74) is -0.146. The topological polar surface area (TPSA) is 21.7 Å². The van der Waals surface area contributed by atoms with E-state index in [1.807, 2.05) is 6.26 Å². The van der Waals surface area contributed by atoms with Gasteiger partial charge in [-0.25, -0.2) is 0 Å². The quantitative estimate of drug-likeness (QED) is 0.693. The maximum Gasteiger partial charge on any atom is 0.192 e. The highest BCUT2D eigenvalue weighted by molar-refractivity contribution is 5.04. The lowest BCUT2D eigenvalue weighted by Crippen LogP contribution is -2.55. The molecule has 15 heavy (non-hydrogen) atoms. The van der Waals surface area contributed by atoms with Crippen LogP contribution in [0.4, 0.5) is 0 Å². The maximum atomic E-state index is 5.93. The summed E-state index contributed by atoms with van der Waals surface area (Å²) in [5.74, 6) is 0. The van der Waals surface area contributed by atoms with Crippen LogP contribution in [0.15, 0.2) is 12.3 Å². The molecule has 0 radical (unpaired) electrons. The fourth-order valence-electron chi connectivity index (χ4n) is 3.07. The van der Waals surface area contributed by atoms with Gasteiger partial charge in [-0.1, -0.05) is 0 Å². The molecule has 0 N–H and O–H groups in total. The Morgan fingerprint density at radius 3 is 2.67 bits per heavy atom. The molecule has 0 aromatic rings. The Bertz CT molecular complexity index is 226. The van der Waals surface area contributed by atoms with E-state index >= 15 is 0 Å². The highest BCUT2D eigenvalue weighted by atomic mass is 16.6. The predicted molar refractivity (Wildman–Crippen MR) is 57.4 cm³/mol. The molecule has 3 rings (SSSR count). The second-order valence-electron chi connectivity index (χ2n) is 4.73. The predicted octanol–water partition coefficient (Wildman–Crippen LogP) is 1.89. The van der Waals surface area contributed by atoms with Crippen molar-refractivity contribution in [2.24, 2.45) is 0 Å². The van der Waals surface area contributed by atoms with Crippen LogP contribution in [0.5, 0.6) is 0 Å². The third kappa shape index (κ3) is 1.49. The Labute approximate surface area is 91.0 Å². The minimum atomic E-state index is -0.146. The zero-order valence-electron chi connectivity index (χ0n) is 9.15.